The van der Waals surface area contributed by atoms with Crippen LogP contribution in [0.2, 0.25) is 0 Å². The second-order valence-corrected chi connectivity index (χ2v) is 7.79. The maximum atomic E-state index is 11.4. The highest BCUT2D eigenvalue weighted by atomic mass is 32.2. The van der Waals surface area contributed by atoms with Crippen LogP contribution in [-0.2, 0) is 4.79 Å². The molecule has 6 nitrogen and oxygen atoms in total. The molecule has 132 valence electrons. The molecule has 0 radical (unpaired) electrons. The van der Waals surface area contributed by atoms with Gasteiger partial charge >= 0.3 is 5.97 Å². The predicted molar refractivity (Wildman–Crippen MR) is 98.2 cm³/mol. The Morgan fingerprint density at radius 3 is 2.64 bits per heavy atom. The van der Waals surface area contributed by atoms with E-state index in [2.05, 4.69) is 26.9 Å². The lowest BCUT2D eigenvalue weighted by Crippen LogP contribution is -2.15. The molecule has 3 aromatic rings. The first-order chi connectivity index (χ1) is 12.2. The molecule has 0 saturated heterocycles. The van der Waals surface area contributed by atoms with E-state index in [1.54, 1.807) is 0 Å². The van der Waals surface area contributed by atoms with Gasteiger partial charge in [0.05, 0.1) is 11.0 Å². The van der Waals surface area contributed by atoms with Crippen LogP contribution < -0.4 is 0 Å². The minimum Gasteiger partial charge on any atom is -0.480 e. The average Bonchev–Trinajstić information content (AvgIpc) is 3.18. The van der Waals surface area contributed by atoms with Crippen LogP contribution in [0.15, 0.2) is 29.4 Å². The fourth-order valence-electron chi connectivity index (χ4n) is 3.80. The fourth-order valence-corrected chi connectivity index (χ4v) is 4.70. The Morgan fingerprint density at radius 1 is 1.24 bits per heavy atom. The molecule has 2 aromatic heterocycles. The molecule has 2 heterocycles. The maximum Gasteiger partial charge on any atom is 0.317 e. The third-order valence-electron chi connectivity index (χ3n) is 5.05. The monoisotopic (exact) mass is 358 g/mol. The lowest BCUT2D eigenvalue weighted by atomic mass is 9.95. The zero-order valence-corrected chi connectivity index (χ0v) is 15.1. The zero-order valence-electron chi connectivity index (χ0n) is 14.3. The number of rotatable bonds is 5. The largest absolute Gasteiger partial charge is 0.480 e. The predicted octanol–water partition coefficient (Wildman–Crippen LogP) is 4.14. The maximum absolute atomic E-state index is 11.4. The fraction of sp³-hybridized carbons (Fsp3) is 0.500. The minimum atomic E-state index is -0.805. The van der Waals surface area contributed by atoms with Crippen LogP contribution in [0.1, 0.15) is 51.5 Å². The number of carboxylic acid groups (broad SMARTS) is 1. The van der Waals surface area contributed by atoms with Gasteiger partial charge in [0, 0.05) is 6.04 Å². The molecule has 1 fully saturated rings. The van der Waals surface area contributed by atoms with Crippen molar-refractivity contribution in [2.45, 2.75) is 61.9 Å². The molecule has 1 aliphatic carbocycles. The summed E-state index contributed by atoms with van der Waals surface area (Å²) in [6.45, 7) is 1.88. The normalized spacial score (nSPS) is 17.3. The van der Waals surface area contributed by atoms with E-state index in [0.717, 1.165) is 29.7 Å². The summed E-state index contributed by atoms with van der Waals surface area (Å²) in [4.78, 5) is 11.4. The molecule has 1 N–H and O–H groups in total. The summed E-state index contributed by atoms with van der Waals surface area (Å²) in [6.07, 6.45) is 6.67. The first-order valence-corrected chi connectivity index (χ1v) is 9.82. The molecule has 0 bridgehead atoms. The Kier molecular flexibility index (Phi) is 4.41. The number of thioether (sulfide) groups is 1. The molecule has 0 aliphatic heterocycles. The van der Waals surface area contributed by atoms with Crippen molar-refractivity contribution < 1.29 is 9.90 Å². The summed E-state index contributed by atoms with van der Waals surface area (Å²) < 4.78 is 4.34. The van der Waals surface area contributed by atoms with E-state index in [9.17, 15) is 9.90 Å². The summed E-state index contributed by atoms with van der Waals surface area (Å²) in [5.41, 5.74) is 2.21. The molecule has 25 heavy (non-hydrogen) atoms. The Hall–Kier alpha value is -2.02. The Labute approximate surface area is 150 Å². The molecule has 4 rings (SSSR count). The zero-order chi connectivity index (χ0) is 17.4. The molecular weight excluding hydrogens is 336 g/mol. The Balaban J connectivity index is 1.87. The van der Waals surface area contributed by atoms with Gasteiger partial charge in [-0.3, -0.25) is 9.20 Å². The van der Waals surface area contributed by atoms with Gasteiger partial charge in [0.15, 0.2) is 5.16 Å². The molecule has 1 atom stereocenters. The second kappa shape index (κ2) is 6.71. The highest BCUT2D eigenvalue weighted by molar-refractivity contribution is 8.00. The van der Waals surface area contributed by atoms with Crippen LogP contribution in [0.25, 0.3) is 16.8 Å². The van der Waals surface area contributed by atoms with Crippen molar-refractivity contribution in [2.75, 3.05) is 0 Å². The quantitative estimate of drug-likeness (QED) is 0.694. The van der Waals surface area contributed by atoms with Crippen LogP contribution in [0.4, 0.5) is 0 Å². The highest BCUT2D eigenvalue weighted by Crippen LogP contribution is 2.35. The number of imidazole rings is 1. The number of aliphatic carboxylic acids is 1. The Bertz CT molecular complexity index is 910. The van der Waals surface area contributed by atoms with Crippen molar-refractivity contribution in [3.05, 3.63) is 24.3 Å². The number of carboxylic acids is 1. The van der Waals surface area contributed by atoms with Gasteiger partial charge in [-0.2, -0.15) is 0 Å². The number of hydrogen-bond donors (Lipinski definition) is 1. The van der Waals surface area contributed by atoms with E-state index < -0.39 is 11.2 Å². The molecule has 0 spiro atoms. The summed E-state index contributed by atoms with van der Waals surface area (Å²) in [6, 6.07) is 8.70. The van der Waals surface area contributed by atoms with Gasteiger partial charge < -0.3 is 9.67 Å². The van der Waals surface area contributed by atoms with Crippen LogP contribution >= 0.6 is 11.8 Å². The molecule has 1 saturated carbocycles. The SMILES string of the molecule is CCC(Sc1nnc2n(C3CCCCC3)c3ccccc3n12)C(=O)O. The smallest absolute Gasteiger partial charge is 0.317 e. The number of hydrogen-bond acceptors (Lipinski definition) is 4. The van der Waals surface area contributed by atoms with E-state index in [-0.39, 0.29) is 0 Å². The number of carbonyl (C=O) groups is 1. The molecule has 1 aromatic carbocycles. The van der Waals surface area contributed by atoms with Gasteiger partial charge in [0.25, 0.3) is 0 Å². The number of nitrogens with zero attached hydrogens (tertiary/aromatic N) is 4. The summed E-state index contributed by atoms with van der Waals surface area (Å²) in [5, 5.41) is 18.3. The van der Waals surface area contributed by atoms with Crippen molar-refractivity contribution in [3.8, 4) is 0 Å². The number of para-hydroxylation sites is 2. The van der Waals surface area contributed by atoms with Crippen LogP contribution in [0.3, 0.4) is 0 Å². The van der Waals surface area contributed by atoms with E-state index in [4.69, 9.17) is 0 Å². The highest BCUT2D eigenvalue weighted by Gasteiger charge is 2.26. The van der Waals surface area contributed by atoms with Crippen molar-refractivity contribution in [3.63, 3.8) is 0 Å². The Morgan fingerprint density at radius 2 is 1.96 bits per heavy atom. The molecule has 7 heteroatoms. The topological polar surface area (TPSA) is 72.4 Å². The van der Waals surface area contributed by atoms with Gasteiger partial charge in [-0.25, -0.2) is 0 Å². The summed E-state index contributed by atoms with van der Waals surface area (Å²) in [7, 11) is 0. The third-order valence-corrected chi connectivity index (χ3v) is 6.34. The number of benzene rings is 1. The number of fused-ring (bicyclic) bond motifs is 3. The minimum absolute atomic E-state index is 0.444. The number of aromatic nitrogens is 4. The van der Waals surface area contributed by atoms with Crippen molar-refractivity contribution >= 4 is 34.5 Å². The van der Waals surface area contributed by atoms with E-state index in [0.29, 0.717) is 17.6 Å². The molecule has 1 unspecified atom stereocenters. The summed E-state index contributed by atoms with van der Waals surface area (Å²) >= 11 is 1.28. The van der Waals surface area contributed by atoms with Crippen LogP contribution in [0.5, 0.6) is 0 Å². The van der Waals surface area contributed by atoms with E-state index in [1.807, 2.05) is 23.5 Å². The standard InChI is InChI=1S/C18H22N4O2S/c1-2-15(16(23)24)25-18-20-19-17-21(12-8-4-3-5-9-12)13-10-6-7-11-14(13)22(17)18/h6-7,10-12,15H,2-5,8-9H2,1H3,(H,23,24). The lowest BCUT2D eigenvalue weighted by molar-refractivity contribution is -0.136. The van der Waals surface area contributed by atoms with Gasteiger partial charge in [-0.05, 0) is 31.4 Å². The van der Waals surface area contributed by atoms with Gasteiger partial charge in [-0.15, -0.1) is 10.2 Å². The summed E-state index contributed by atoms with van der Waals surface area (Å²) in [5.74, 6) is 0.0242. The van der Waals surface area contributed by atoms with Crippen molar-refractivity contribution in [1.82, 2.24) is 19.2 Å². The first-order valence-electron chi connectivity index (χ1n) is 8.94. The average molecular weight is 358 g/mol. The first kappa shape index (κ1) is 16.4. The van der Waals surface area contributed by atoms with E-state index >= 15 is 0 Å². The van der Waals surface area contributed by atoms with Crippen molar-refractivity contribution in [2.24, 2.45) is 0 Å². The van der Waals surface area contributed by atoms with Crippen molar-refractivity contribution in [1.29, 1.82) is 0 Å². The van der Waals surface area contributed by atoms with E-state index in [1.165, 1.54) is 31.0 Å². The van der Waals surface area contributed by atoms with Gasteiger partial charge in [0.1, 0.15) is 5.25 Å². The van der Waals surface area contributed by atoms with Crippen LogP contribution in [-0.4, -0.2) is 35.5 Å². The lowest BCUT2D eigenvalue weighted by Gasteiger charge is -2.23. The van der Waals surface area contributed by atoms with Crippen LogP contribution in [0, 0.1) is 0 Å². The molecule has 0 amide bonds. The molecular formula is C18H22N4O2S. The van der Waals surface area contributed by atoms with Gasteiger partial charge in [-0.1, -0.05) is 50.1 Å². The molecule has 1 aliphatic rings. The van der Waals surface area contributed by atoms with Gasteiger partial charge in [0.2, 0.25) is 5.78 Å². The second-order valence-electron chi connectivity index (χ2n) is 6.62. The third kappa shape index (κ3) is 2.80.